The van der Waals surface area contributed by atoms with Crippen molar-refractivity contribution in [3.63, 3.8) is 0 Å². The summed E-state index contributed by atoms with van der Waals surface area (Å²) < 4.78 is 33.2. The van der Waals surface area contributed by atoms with Crippen LogP contribution in [0.3, 0.4) is 0 Å². The zero-order chi connectivity index (χ0) is 15.3. The van der Waals surface area contributed by atoms with Crippen LogP contribution in [-0.4, -0.2) is 64.0 Å². The van der Waals surface area contributed by atoms with Gasteiger partial charge in [-0.2, -0.15) is 0 Å². The van der Waals surface area contributed by atoms with Crippen LogP contribution in [0.4, 0.5) is 0 Å². The van der Waals surface area contributed by atoms with Crippen LogP contribution in [-0.2, 0) is 14.8 Å². The van der Waals surface area contributed by atoms with Crippen LogP contribution in [0.25, 0.3) is 0 Å². The van der Waals surface area contributed by atoms with Crippen LogP contribution in [0, 0.1) is 0 Å². The largest absolute Gasteiger partial charge is 0.492 e. The van der Waals surface area contributed by atoms with E-state index in [4.69, 9.17) is 19.7 Å². The molecule has 1 heterocycles. The van der Waals surface area contributed by atoms with Crippen molar-refractivity contribution in [3.05, 3.63) is 24.3 Å². The van der Waals surface area contributed by atoms with Gasteiger partial charge in [0.1, 0.15) is 12.4 Å². The fraction of sp³-hybridized carbons (Fsp3) is 0.538. The predicted octanol–water partition coefficient (Wildman–Crippen LogP) is -0.594. The lowest BCUT2D eigenvalue weighted by Gasteiger charge is -2.31. The van der Waals surface area contributed by atoms with E-state index < -0.39 is 10.0 Å². The molecule has 8 heteroatoms. The maximum atomic E-state index is 11.1. The fourth-order valence-corrected chi connectivity index (χ4v) is 2.63. The minimum absolute atomic E-state index is 0.0202. The third-order valence-corrected chi connectivity index (χ3v) is 4.18. The highest BCUT2D eigenvalue weighted by Crippen LogP contribution is 2.15. The Kier molecular flexibility index (Phi) is 5.54. The van der Waals surface area contributed by atoms with Crippen molar-refractivity contribution in [2.75, 3.05) is 39.5 Å². The molecular formula is C13H20N2O5S. The van der Waals surface area contributed by atoms with E-state index in [0.717, 1.165) is 13.1 Å². The average Bonchev–Trinajstić information content (AvgIpc) is 2.47. The van der Waals surface area contributed by atoms with Crippen molar-refractivity contribution < 1.29 is 23.0 Å². The molecule has 3 N–H and O–H groups in total. The molecule has 0 saturated carbocycles. The quantitative estimate of drug-likeness (QED) is 0.727. The number of nitrogens with two attached hydrogens (primary N) is 1. The summed E-state index contributed by atoms with van der Waals surface area (Å²) in [5.74, 6) is 0.592. The van der Waals surface area contributed by atoms with Crippen LogP contribution in [0.15, 0.2) is 29.2 Å². The number of morpholine rings is 1. The third kappa shape index (κ3) is 4.94. The van der Waals surface area contributed by atoms with Gasteiger partial charge in [0.05, 0.1) is 24.2 Å². The average molecular weight is 316 g/mol. The van der Waals surface area contributed by atoms with Crippen molar-refractivity contribution in [2.24, 2.45) is 5.14 Å². The maximum absolute atomic E-state index is 11.1. The third-order valence-electron chi connectivity index (χ3n) is 3.26. The summed E-state index contributed by atoms with van der Waals surface area (Å²) in [6.45, 7) is 3.32. The van der Waals surface area contributed by atoms with Gasteiger partial charge in [0.2, 0.25) is 10.0 Å². The van der Waals surface area contributed by atoms with E-state index >= 15 is 0 Å². The summed E-state index contributed by atoms with van der Waals surface area (Å²) in [7, 11) is -3.67. The van der Waals surface area contributed by atoms with Crippen molar-refractivity contribution >= 4 is 10.0 Å². The van der Waals surface area contributed by atoms with Gasteiger partial charge in [-0.05, 0) is 24.3 Å². The number of nitrogens with zero attached hydrogens (tertiary/aromatic N) is 1. The lowest BCUT2D eigenvalue weighted by molar-refractivity contribution is -0.0547. The Labute approximate surface area is 124 Å². The number of rotatable bonds is 6. The van der Waals surface area contributed by atoms with Crippen molar-refractivity contribution in [1.29, 1.82) is 0 Å². The molecule has 1 unspecified atom stereocenters. The molecule has 0 aliphatic carbocycles. The topological polar surface area (TPSA) is 102 Å². The first-order chi connectivity index (χ1) is 9.99. The van der Waals surface area contributed by atoms with Gasteiger partial charge in [0, 0.05) is 19.6 Å². The standard InChI is InChI=1S/C13H20N2O5S/c14-21(17,18)13-3-1-11(2-4-13)19-7-5-15-6-8-20-12(9-15)10-16/h1-4,12,16H,5-10H2,(H2,14,17,18). The number of ether oxygens (including phenoxy) is 2. The molecule has 21 heavy (non-hydrogen) atoms. The molecule has 0 spiro atoms. The lowest BCUT2D eigenvalue weighted by Crippen LogP contribution is -2.45. The molecule has 0 amide bonds. The molecule has 2 rings (SSSR count). The Morgan fingerprint density at radius 3 is 2.71 bits per heavy atom. The molecule has 118 valence electrons. The van der Waals surface area contributed by atoms with Crippen LogP contribution in [0.1, 0.15) is 0 Å². The molecule has 0 radical (unpaired) electrons. The molecule has 1 atom stereocenters. The minimum Gasteiger partial charge on any atom is -0.492 e. The van der Waals surface area contributed by atoms with Gasteiger partial charge >= 0.3 is 0 Å². The smallest absolute Gasteiger partial charge is 0.238 e. The van der Waals surface area contributed by atoms with Gasteiger partial charge in [0.15, 0.2) is 0 Å². The summed E-state index contributed by atoms with van der Waals surface area (Å²) >= 11 is 0. The van der Waals surface area contributed by atoms with Gasteiger partial charge in [-0.3, -0.25) is 4.90 Å². The molecule has 1 aromatic rings. The zero-order valence-corrected chi connectivity index (χ0v) is 12.5. The van der Waals surface area contributed by atoms with Gasteiger partial charge in [0.25, 0.3) is 0 Å². The van der Waals surface area contributed by atoms with E-state index in [1.165, 1.54) is 12.1 Å². The number of aliphatic hydroxyl groups is 1. The van der Waals surface area contributed by atoms with E-state index in [0.29, 0.717) is 25.5 Å². The Hall–Kier alpha value is -1.19. The molecule has 1 fully saturated rings. The van der Waals surface area contributed by atoms with E-state index in [-0.39, 0.29) is 17.6 Å². The summed E-state index contributed by atoms with van der Waals surface area (Å²) in [6.07, 6.45) is -0.132. The predicted molar refractivity (Wildman–Crippen MR) is 76.6 cm³/mol. The highest BCUT2D eigenvalue weighted by molar-refractivity contribution is 7.89. The van der Waals surface area contributed by atoms with Crippen molar-refractivity contribution in [3.8, 4) is 5.75 Å². The normalized spacial score (nSPS) is 20.4. The first kappa shape index (κ1) is 16.2. The van der Waals surface area contributed by atoms with Gasteiger partial charge < -0.3 is 14.6 Å². The second kappa shape index (κ2) is 7.19. The van der Waals surface area contributed by atoms with E-state index in [9.17, 15) is 8.42 Å². The lowest BCUT2D eigenvalue weighted by atomic mass is 10.3. The Bertz CT molecular complexity index is 546. The second-order valence-electron chi connectivity index (χ2n) is 4.84. The Morgan fingerprint density at radius 1 is 1.38 bits per heavy atom. The Balaban J connectivity index is 1.78. The van der Waals surface area contributed by atoms with Crippen LogP contribution in [0.5, 0.6) is 5.75 Å². The van der Waals surface area contributed by atoms with Crippen molar-refractivity contribution in [2.45, 2.75) is 11.0 Å². The molecule has 0 bridgehead atoms. The molecular weight excluding hydrogens is 296 g/mol. The molecule has 0 aromatic heterocycles. The van der Waals surface area contributed by atoms with E-state index in [2.05, 4.69) is 4.90 Å². The second-order valence-corrected chi connectivity index (χ2v) is 6.40. The van der Waals surface area contributed by atoms with Gasteiger partial charge in [-0.1, -0.05) is 0 Å². The van der Waals surface area contributed by atoms with Gasteiger partial charge in [-0.25, -0.2) is 13.6 Å². The van der Waals surface area contributed by atoms with Crippen LogP contribution >= 0.6 is 0 Å². The highest BCUT2D eigenvalue weighted by atomic mass is 32.2. The summed E-state index contributed by atoms with van der Waals surface area (Å²) in [4.78, 5) is 2.22. The number of sulfonamides is 1. The fourth-order valence-electron chi connectivity index (χ4n) is 2.11. The molecule has 1 aliphatic rings. The minimum atomic E-state index is -3.67. The van der Waals surface area contributed by atoms with E-state index in [1.807, 2.05) is 0 Å². The molecule has 1 saturated heterocycles. The summed E-state index contributed by atoms with van der Waals surface area (Å²) in [6, 6.07) is 5.99. The number of primary sulfonamides is 1. The summed E-state index contributed by atoms with van der Waals surface area (Å²) in [5, 5.41) is 14.1. The monoisotopic (exact) mass is 316 g/mol. The van der Waals surface area contributed by atoms with Crippen LogP contribution < -0.4 is 9.88 Å². The maximum Gasteiger partial charge on any atom is 0.238 e. The van der Waals surface area contributed by atoms with Gasteiger partial charge in [-0.15, -0.1) is 0 Å². The van der Waals surface area contributed by atoms with Crippen LogP contribution in [0.2, 0.25) is 0 Å². The van der Waals surface area contributed by atoms with E-state index in [1.54, 1.807) is 12.1 Å². The van der Waals surface area contributed by atoms with Crippen molar-refractivity contribution in [1.82, 2.24) is 4.90 Å². The SMILES string of the molecule is NS(=O)(=O)c1ccc(OCCN2CCOC(CO)C2)cc1. The first-order valence-corrected chi connectivity index (χ1v) is 8.24. The number of aliphatic hydroxyl groups excluding tert-OH is 1. The molecule has 1 aliphatic heterocycles. The number of hydrogen-bond donors (Lipinski definition) is 2. The molecule has 7 nitrogen and oxygen atoms in total. The number of benzene rings is 1. The molecule has 1 aromatic carbocycles. The zero-order valence-electron chi connectivity index (χ0n) is 11.6. The number of hydrogen-bond acceptors (Lipinski definition) is 6. The Morgan fingerprint density at radius 2 is 2.10 bits per heavy atom. The first-order valence-electron chi connectivity index (χ1n) is 6.69. The highest BCUT2D eigenvalue weighted by Gasteiger charge is 2.19. The summed E-state index contributed by atoms with van der Waals surface area (Å²) in [5.41, 5.74) is 0.